The summed E-state index contributed by atoms with van der Waals surface area (Å²) in [5.41, 5.74) is 1.65. The molecule has 0 aliphatic carbocycles. The number of ether oxygens (including phenoxy) is 3. The molecule has 0 amide bonds. The number of halogens is 2. The average molecular weight is 527 g/mol. The molecule has 4 rings (SSSR count). The van der Waals surface area contributed by atoms with Gasteiger partial charge in [-0.2, -0.15) is 0 Å². The molecule has 1 aliphatic rings. The number of carbonyl (C=O) groups is 2. The molecule has 0 unspecified atom stereocenters. The number of aliphatic imine (C=N–C) groups is 1. The molecule has 6 nitrogen and oxygen atoms in total. The number of nitrogens with zero attached hydrogens (tertiary/aromatic N) is 1. The Hall–Kier alpha value is -3.42. The van der Waals surface area contributed by atoms with Crippen LogP contribution in [0, 0.1) is 0 Å². The molecule has 0 saturated heterocycles. The zero-order valence-corrected chi connectivity index (χ0v) is 19.7. The van der Waals surface area contributed by atoms with Gasteiger partial charge in [-0.15, -0.1) is 0 Å². The van der Waals surface area contributed by atoms with Gasteiger partial charge < -0.3 is 14.2 Å². The van der Waals surface area contributed by atoms with Gasteiger partial charge in [-0.1, -0.05) is 41.9 Å². The summed E-state index contributed by atoms with van der Waals surface area (Å²) >= 11 is 9.52. The van der Waals surface area contributed by atoms with E-state index in [-0.39, 0.29) is 17.3 Å². The topological polar surface area (TPSA) is 74.2 Å². The second kappa shape index (κ2) is 10.0. The van der Waals surface area contributed by atoms with Crippen molar-refractivity contribution in [2.24, 2.45) is 4.99 Å². The van der Waals surface area contributed by atoms with Gasteiger partial charge in [0.15, 0.2) is 17.2 Å². The minimum atomic E-state index is -0.590. The van der Waals surface area contributed by atoms with Crippen LogP contribution in [0.25, 0.3) is 6.08 Å². The van der Waals surface area contributed by atoms with E-state index >= 15 is 0 Å². The van der Waals surface area contributed by atoms with Crippen molar-refractivity contribution < 1.29 is 23.8 Å². The normalized spacial score (nSPS) is 14.1. The number of carbonyl (C=O) groups excluding carboxylic acids is 2. The van der Waals surface area contributed by atoms with E-state index in [2.05, 4.69) is 20.9 Å². The molecule has 8 heteroatoms. The van der Waals surface area contributed by atoms with Crippen LogP contribution in [0.4, 0.5) is 0 Å². The average Bonchev–Trinajstić information content (AvgIpc) is 3.16. The van der Waals surface area contributed by atoms with E-state index in [4.69, 9.17) is 25.8 Å². The first-order chi connectivity index (χ1) is 16.0. The fraction of sp³-hybridized carbons (Fsp3) is 0.0800. The van der Waals surface area contributed by atoms with Crippen LogP contribution in [0.15, 0.2) is 81.9 Å². The number of hydrogen-bond acceptors (Lipinski definition) is 6. The first-order valence-electron chi connectivity index (χ1n) is 9.97. The third kappa shape index (κ3) is 5.16. The quantitative estimate of drug-likeness (QED) is 0.222. The lowest BCUT2D eigenvalue weighted by atomic mass is 10.1. The first kappa shape index (κ1) is 22.8. The summed E-state index contributed by atoms with van der Waals surface area (Å²) in [7, 11) is 0. The third-order valence-electron chi connectivity index (χ3n) is 4.59. The Balaban J connectivity index is 1.62. The number of benzene rings is 3. The van der Waals surface area contributed by atoms with Crippen LogP contribution in [0.3, 0.4) is 0 Å². The molecule has 1 aliphatic heterocycles. The van der Waals surface area contributed by atoms with Crippen LogP contribution in [0.5, 0.6) is 11.5 Å². The van der Waals surface area contributed by atoms with E-state index in [1.807, 2.05) is 13.0 Å². The fourth-order valence-electron chi connectivity index (χ4n) is 3.07. The lowest BCUT2D eigenvalue weighted by Crippen LogP contribution is -2.10. The Kier molecular flexibility index (Phi) is 6.91. The van der Waals surface area contributed by atoms with Gasteiger partial charge in [0.25, 0.3) is 0 Å². The molecule has 0 saturated carbocycles. The molecule has 0 spiro atoms. The van der Waals surface area contributed by atoms with Crippen molar-refractivity contribution in [2.45, 2.75) is 6.92 Å². The maximum absolute atomic E-state index is 12.6. The molecule has 0 aromatic heterocycles. The molecule has 0 N–H and O–H groups in total. The Morgan fingerprint density at radius 1 is 1.09 bits per heavy atom. The zero-order valence-electron chi connectivity index (χ0n) is 17.4. The van der Waals surface area contributed by atoms with Gasteiger partial charge in [-0.25, -0.2) is 14.6 Å². The molecule has 33 heavy (non-hydrogen) atoms. The summed E-state index contributed by atoms with van der Waals surface area (Å²) in [6.07, 6.45) is 1.56. The van der Waals surface area contributed by atoms with Crippen molar-refractivity contribution in [1.29, 1.82) is 0 Å². The minimum absolute atomic E-state index is 0.116. The molecule has 1 heterocycles. The molecular formula is C25H17BrClNO5. The first-order valence-corrected chi connectivity index (χ1v) is 11.1. The fourth-order valence-corrected chi connectivity index (χ4v) is 3.73. The smallest absolute Gasteiger partial charge is 0.363 e. The summed E-state index contributed by atoms with van der Waals surface area (Å²) in [5, 5.41) is 0.431. The van der Waals surface area contributed by atoms with Gasteiger partial charge in [0, 0.05) is 4.47 Å². The highest BCUT2D eigenvalue weighted by Crippen LogP contribution is 2.32. The second-order valence-electron chi connectivity index (χ2n) is 6.82. The number of rotatable bonds is 6. The van der Waals surface area contributed by atoms with Crippen LogP contribution in [0.2, 0.25) is 5.02 Å². The lowest BCUT2D eigenvalue weighted by Gasteiger charge is -2.12. The van der Waals surface area contributed by atoms with Crippen molar-refractivity contribution in [3.8, 4) is 11.5 Å². The predicted octanol–water partition coefficient (Wildman–Crippen LogP) is 6.06. The monoisotopic (exact) mass is 525 g/mol. The zero-order chi connectivity index (χ0) is 23.4. The van der Waals surface area contributed by atoms with Gasteiger partial charge >= 0.3 is 11.9 Å². The van der Waals surface area contributed by atoms with Crippen molar-refractivity contribution in [2.75, 3.05) is 6.61 Å². The Morgan fingerprint density at radius 2 is 1.85 bits per heavy atom. The van der Waals surface area contributed by atoms with Gasteiger partial charge in [0.2, 0.25) is 5.90 Å². The Bertz CT molecular complexity index is 1300. The highest BCUT2D eigenvalue weighted by atomic mass is 79.9. The second-order valence-corrected chi connectivity index (χ2v) is 8.09. The SMILES string of the molecule is CCOc1cc(/C=C2\N=C(c3ccccc3Cl)OC2=O)ccc1OC(=O)c1ccccc1Br. The predicted molar refractivity (Wildman–Crippen MR) is 129 cm³/mol. The van der Waals surface area contributed by atoms with Crippen LogP contribution in [0.1, 0.15) is 28.4 Å². The van der Waals surface area contributed by atoms with Gasteiger partial charge in [-0.3, -0.25) is 0 Å². The van der Waals surface area contributed by atoms with E-state index in [1.165, 1.54) is 0 Å². The van der Waals surface area contributed by atoms with E-state index in [9.17, 15) is 9.59 Å². The van der Waals surface area contributed by atoms with E-state index in [1.54, 1.807) is 66.7 Å². The summed E-state index contributed by atoms with van der Waals surface area (Å²) in [4.78, 5) is 29.2. The molecule has 0 bridgehead atoms. The molecule has 3 aromatic carbocycles. The number of cyclic esters (lactones) is 1. The molecule has 0 atom stereocenters. The van der Waals surface area contributed by atoms with Crippen LogP contribution in [-0.4, -0.2) is 24.4 Å². The third-order valence-corrected chi connectivity index (χ3v) is 5.61. The maximum Gasteiger partial charge on any atom is 0.363 e. The van der Waals surface area contributed by atoms with E-state index < -0.39 is 11.9 Å². The summed E-state index contributed by atoms with van der Waals surface area (Å²) in [6, 6.07) is 18.9. The standard InChI is InChI=1S/C25H17BrClNO5/c1-2-31-22-14-15(11-12-21(22)32-24(29)16-7-3-5-9-18(16)26)13-20-25(30)33-23(28-20)17-8-4-6-10-19(17)27/h3-14H,2H2,1H3/b20-13-. The molecule has 166 valence electrons. The Morgan fingerprint density at radius 3 is 2.61 bits per heavy atom. The van der Waals surface area contributed by atoms with Crippen molar-refractivity contribution >= 4 is 51.4 Å². The van der Waals surface area contributed by atoms with Crippen molar-refractivity contribution in [3.63, 3.8) is 0 Å². The highest BCUT2D eigenvalue weighted by Gasteiger charge is 2.25. The maximum atomic E-state index is 12.6. The summed E-state index contributed by atoms with van der Waals surface area (Å²) < 4.78 is 17.1. The molecular weight excluding hydrogens is 510 g/mol. The Labute approximate surface area is 203 Å². The molecule has 0 fully saturated rings. The van der Waals surface area contributed by atoms with Crippen LogP contribution >= 0.6 is 27.5 Å². The van der Waals surface area contributed by atoms with E-state index in [0.29, 0.717) is 38.5 Å². The van der Waals surface area contributed by atoms with Crippen molar-refractivity contribution in [1.82, 2.24) is 0 Å². The van der Waals surface area contributed by atoms with Gasteiger partial charge in [-0.05, 0) is 70.9 Å². The summed E-state index contributed by atoms with van der Waals surface area (Å²) in [5.74, 6) is -0.362. The molecule has 3 aromatic rings. The summed E-state index contributed by atoms with van der Waals surface area (Å²) in [6.45, 7) is 2.18. The van der Waals surface area contributed by atoms with Crippen molar-refractivity contribution in [3.05, 3.63) is 98.6 Å². The lowest BCUT2D eigenvalue weighted by molar-refractivity contribution is -0.129. The van der Waals surface area contributed by atoms with E-state index in [0.717, 1.165) is 0 Å². The van der Waals surface area contributed by atoms with Gasteiger partial charge in [0.1, 0.15) is 0 Å². The van der Waals surface area contributed by atoms with Gasteiger partial charge in [0.05, 0.1) is 22.8 Å². The minimum Gasteiger partial charge on any atom is -0.490 e. The number of esters is 2. The van der Waals surface area contributed by atoms with Crippen LogP contribution in [-0.2, 0) is 9.53 Å². The molecule has 0 radical (unpaired) electrons. The number of hydrogen-bond donors (Lipinski definition) is 0. The largest absolute Gasteiger partial charge is 0.490 e. The highest BCUT2D eigenvalue weighted by molar-refractivity contribution is 9.10. The van der Waals surface area contributed by atoms with Crippen LogP contribution < -0.4 is 9.47 Å².